The van der Waals surface area contributed by atoms with Crippen LogP contribution in [0.3, 0.4) is 0 Å². The second-order valence-electron chi connectivity index (χ2n) is 10.5. The monoisotopic (exact) mass is 512 g/mol. The van der Waals surface area contributed by atoms with Gasteiger partial charge in [0, 0.05) is 17.4 Å². The number of hydrogen-bond acceptors (Lipinski definition) is 8. The Kier molecular flexibility index (Phi) is 7.61. The van der Waals surface area contributed by atoms with Crippen LogP contribution < -0.4 is 0 Å². The van der Waals surface area contributed by atoms with E-state index in [-0.39, 0.29) is 36.3 Å². The third-order valence-corrected chi connectivity index (χ3v) is 8.02. The molecular formula is C29H36O8. The highest BCUT2D eigenvalue weighted by Gasteiger charge is 2.53. The predicted octanol–water partition coefficient (Wildman–Crippen LogP) is 3.57. The topological polar surface area (TPSA) is 84.8 Å². The fourth-order valence-electron chi connectivity index (χ4n) is 5.85. The van der Waals surface area contributed by atoms with E-state index in [1.165, 1.54) is 0 Å². The Labute approximate surface area is 217 Å². The number of aliphatic hydroxyl groups is 1. The zero-order valence-electron chi connectivity index (χ0n) is 21.3. The van der Waals surface area contributed by atoms with Crippen molar-refractivity contribution in [3.63, 3.8) is 0 Å². The second-order valence-corrected chi connectivity index (χ2v) is 10.5. The van der Waals surface area contributed by atoms with Crippen LogP contribution >= 0.6 is 0 Å². The van der Waals surface area contributed by atoms with Crippen LogP contribution in [0.4, 0.5) is 0 Å². The lowest BCUT2D eigenvalue weighted by Gasteiger charge is -2.51. The molecule has 4 aliphatic heterocycles. The molecule has 0 saturated carbocycles. The Morgan fingerprint density at radius 1 is 0.838 bits per heavy atom. The van der Waals surface area contributed by atoms with Crippen molar-refractivity contribution in [1.82, 2.24) is 0 Å². The number of rotatable bonds is 6. The molecule has 4 aliphatic rings. The van der Waals surface area contributed by atoms with E-state index in [2.05, 4.69) is 6.92 Å². The number of hydrogen-bond donors (Lipinski definition) is 1. The molecule has 8 nitrogen and oxygen atoms in total. The molecule has 0 radical (unpaired) electrons. The first-order valence-electron chi connectivity index (χ1n) is 13.3. The molecule has 0 aromatic heterocycles. The van der Waals surface area contributed by atoms with E-state index < -0.39 is 31.1 Å². The zero-order chi connectivity index (χ0) is 25.4. The van der Waals surface area contributed by atoms with E-state index in [1.54, 1.807) is 0 Å². The number of fused-ring (bicyclic) bond motifs is 3. The summed E-state index contributed by atoms with van der Waals surface area (Å²) in [6, 6.07) is 20.0. The van der Waals surface area contributed by atoms with Crippen LogP contribution in [0.25, 0.3) is 0 Å². The number of ether oxygens (including phenoxy) is 7. The molecule has 6 rings (SSSR count). The predicted molar refractivity (Wildman–Crippen MR) is 132 cm³/mol. The maximum absolute atomic E-state index is 10.7. The van der Waals surface area contributed by atoms with Gasteiger partial charge in [-0.1, -0.05) is 74.5 Å². The van der Waals surface area contributed by atoms with Crippen LogP contribution in [0.15, 0.2) is 60.7 Å². The minimum atomic E-state index is -0.771. The van der Waals surface area contributed by atoms with E-state index in [0.717, 1.165) is 11.1 Å². The van der Waals surface area contributed by atoms with E-state index in [4.69, 9.17) is 33.2 Å². The average Bonchev–Trinajstić information content (AvgIpc) is 2.95. The summed E-state index contributed by atoms with van der Waals surface area (Å²) in [5.74, 6) is -0.216. The van der Waals surface area contributed by atoms with Crippen molar-refractivity contribution in [1.29, 1.82) is 0 Å². The molecule has 0 amide bonds. The highest BCUT2D eigenvalue weighted by molar-refractivity contribution is 5.17. The van der Waals surface area contributed by atoms with Gasteiger partial charge in [0.15, 0.2) is 18.9 Å². The maximum Gasteiger partial charge on any atom is 0.185 e. The first-order valence-corrected chi connectivity index (χ1v) is 13.3. The van der Waals surface area contributed by atoms with E-state index in [0.29, 0.717) is 26.2 Å². The molecule has 4 fully saturated rings. The average molecular weight is 513 g/mol. The molecule has 37 heavy (non-hydrogen) atoms. The Morgan fingerprint density at radius 2 is 1.59 bits per heavy atom. The van der Waals surface area contributed by atoms with Gasteiger partial charge in [-0.15, -0.1) is 0 Å². The summed E-state index contributed by atoms with van der Waals surface area (Å²) in [6.45, 7) is 5.44. The fourth-order valence-corrected chi connectivity index (χ4v) is 5.85. The molecule has 1 N–H and O–H groups in total. The lowest BCUT2D eigenvalue weighted by atomic mass is 9.87. The van der Waals surface area contributed by atoms with Crippen molar-refractivity contribution < 1.29 is 38.3 Å². The van der Waals surface area contributed by atoms with Crippen molar-refractivity contribution in [3.05, 3.63) is 71.8 Å². The molecule has 0 aliphatic carbocycles. The van der Waals surface area contributed by atoms with E-state index in [9.17, 15) is 5.11 Å². The third kappa shape index (κ3) is 5.22. The molecule has 4 heterocycles. The fraction of sp³-hybridized carbons (Fsp3) is 0.586. The van der Waals surface area contributed by atoms with E-state index >= 15 is 0 Å². The smallest absolute Gasteiger partial charge is 0.185 e. The molecule has 2 aromatic carbocycles. The van der Waals surface area contributed by atoms with Crippen LogP contribution in [0.1, 0.15) is 37.7 Å². The number of benzene rings is 2. The first kappa shape index (κ1) is 25.4. The standard InChI is InChI=1S/C29H36O8/c1-17-23(30)28-31-14-13-21(34-28)24(17)37-29-26(32-15-19-9-5-3-6-10-19)18(2)25-22(35-29)16-33-27(36-25)20-11-7-4-8-12-20/h3-12,17-18,21-30H,13-16H2,1-2H3. The van der Waals surface area contributed by atoms with Gasteiger partial charge in [0.25, 0.3) is 0 Å². The Bertz CT molecular complexity index is 1000. The molecule has 2 bridgehead atoms. The lowest BCUT2D eigenvalue weighted by molar-refractivity contribution is -0.385. The summed E-state index contributed by atoms with van der Waals surface area (Å²) >= 11 is 0. The highest BCUT2D eigenvalue weighted by atomic mass is 16.8. The largest absolute Gasteiger partial charge is 0.387 e. The SMILES string of the molecule is CC1C(O)C2OCCC(O2)C1OC1OC2COC(c3ccccc3)OC2C(C)C1OCc1ccccc1. The summed E-state index contributed by atoms with van der Waals surface area (Å²) in [5.41, 5.74) is 2.05. The van der Waals surface area contributed by atoms with Crippen LogP contribution in [0.5, 0.6) is 0 Å². The molecular weight excluding hydrogens is 476 g/mol. The Morgan fingerprint density at radius 3 is 2.38 bits per heavy atom. The quantitative estimate of drug-likeness (QED) is 0.629. The molecule has 11 atom stereocenters. The van der Waals surface area contributed by atoms with E-state index in [1.807, 2.05) is 67.6 Å². The minimum Gasteiger partial charge on any atom is -0.387 e. The lowest BCUT2D eigenvalue weighted by Crippen LogP contribution is -2.63. The van der Waals surface area contributed by atoms with Crippen molar-refractivity contribution in [2.75, 3.05) is 13.2 Å². The molecule has 0 spiro atoms. The summed E-state index contributed by atoms with van der Waals surface area (Å²) in [4.78, 5) is 0. The summed E-state index contributed by atoms with van der Waals surface area (Å²) in [5, 5.41) is 10.7. The Hall–Kier alpha value is -1.88. The molecule has 8 heteroatoms. The maximum atomic E-state index is 10.7. The molecule has 200 valence electrons. The molecule has 4 saturated heterocycles. The van der Waals surface area contributed by atoms with Crippen molar-refractivity contribution in [3.8, 4) is 0 Å². The van der Waals surface area contributed by atoms with Crippen LogP contribution in [0, 0.1) is 11.8 Å². The highest BCUT2D eigenvalue weighted by Crippen LogP contribution is 2.41. The van der Waals surface area contributed by atoms with Crippen molar-refractivity contribution in [2.24, 2.45) is 11.8 Å². The molecule has 2 aromatic rings. The van der Waals surface area contributed by atoms with Gasteiger partial charge in [0.05, 0.1) is 38.1 Å². The summed E-state index contributed by atoms with van der Waals surface area (Å²) in [7, 11) is 0. The summed E-state index contributed by atoms with van der Waals surface area (Å²) < 4.78 is 43.7. The van der Waals surface area contributed by atoms with Crippen LogP contribution in [0.2, 0.25) is 0 Å². The van der Waals surface area contributed by atoms with Gasteiger partial charge in [-0.2, -0.15) is 0 Å². The first-order chi connectivity index (χ1) is 18.1. The van der Waals surface area contributed by atoms with Gasteiger partial charge < -0.3 is 38.3 Å². The zero-order valence-corrected chi connectivity index (χ0v) is 21.3. The van der Waals surface area contributed by atoms with Gasteiger partial charge in [0.2, 0.25) is 0 Å². The second kappa shape index (κ2) is 11.1. The van der Waals surface area contributed by atoms with Gasteiger partial charge in [-0.3, -0.25) is 0 Å². The van der Waals surface area contributed by atoms with Gasteiger partial charge in [-0.25, -0.2) is 0 Å². The summed E-state index contributed by atoms with van der Waals surface area (Å²) in [6.07, 6.45) is -3.24. The molecule has 11 unspecified atom stereocenters. The normalized spacial score (nSPS) is 41.6. The third-order valence-electron chi connectivity index (χ3n) is 8.02. The number of aliphatic hydroxyl groups excluding tert-OH is 1. The van der Waals surface area contributed by atoms with Crippen LogP contribution in [-0.2, 0) is 39.8 Å². The Balaban J connectivity index is 1.22. The van der Waals surface area contributed by atoms with Crippen molar-refractivity contribution in [2.45, 2.75) is 82.4 Å². The van der Waals surface area contributed by atoms with Gasteiger partial charge >= 0.3 is 0 Å². The van der Waals surface area contributed by atoms with Gasteiger partial charge in [0.1, 0.15) is 18.3 Å². The van der Waals surface area contributed by atoms with Gasteiger partial charge in [-0.05, 0) is 12.0 Å². The van der Waals surface area contributed by atoms with Crippen molar-refractivity contribution >= 4 is 0 Å². The minimum absolute atomic E-state index is 0.0326. The van der Waals surface area contributed by atoms with Crippen LogP contribution in [-0.4, -0.2) is 67.5 Å².